The minimum Gasteiger partial charge on any atom is -0.497 e. The number of ether oxygens (including phenoxy) is 2. The summed E-state index contributed by atoms with van der Waals surface area (Å²) in [5.41, 5.74) is 0.849. The summed E-state index contributed by atoms with van der Waals surface area (Å²) in [6, 6.07) is 7.30. The fraction of sp³-hybridized carbons (Fsp3) is 0.286. The van der Waals surface area contributed by atoms with Crippen LogP contribution in [0.15, 0.2) is 30.3 Å². The normalized spacial score (nSPS) is 10.4. The topological polar surface area (TPSA) is 84.9 Å². The average molecular weight is 279 g/mol. The monoisotopic (exact) mass is 279 g/mol. The van der Waals surface area contributed by atoms with E-state index in [-0.39, 0.29) is 25.7 Å². The smallest absolute Gasteiger partial charge is 0.329 e. The maximum absolute atomic E-state index is 11.5. The summed E-state index contributed by atoms with van der Waals surface area (Å²) in [6.07, 6.45) is 3.06. The van der Waals surface area contributed by atoms with Gasteiger partial charge in [-0.05, 0) is 23.8 Å². The van der Waals surface area contributed by atoms with Crippen LogP contribution in [0.5, 0.6) is 5.75 Å². The highest BCUT2D eigenvalue weighted by Gasteiger charge is 1.98. The highest BCUT2D eigenvalue weighted by Crippen LogP contribution is 2.13. The molecule has 108 valence electrons. The summed E-state index contributed by atoms with van der Waals surface area (Å²) in [7, 11) is 1.58. The van der Waals surface area contributed by atoms with Crippen LogP contribution in [-0.4, -0.2) is 43.9 Å². The van der Waals surface area contributed by atoms with Gasteiger partial charge in [-0.3, -0.25) is 4.79 Å². The fourth-order valence-electron chi connectivity index (χ4n) is 1.38. The van der Waals surface area contributed by atoms with Crippen molar-refractivity contribution in [3.8, 4) is 5.75 Å². The molecule has 0 heterocycles. The zero-order valence-corrected chi connectivity index (χ0v) is 11.2. The molecule has 6 nitrogen and oxygen atoms in total. The third-order valence-corrected chi connectivity index (χ3v) is 2.29. The molecule has 0 saturated heterocycles. The van der Waals surface area contributed by atoms with Crippen molar-refractivity contribution in [1.82, 2.24) is 5.32 Å². The van der Waals surface area contributed by atoms with E-state index in [1.165, 1.54) is 6.08 Å². The van der Waals surface area contributed by atoms with Crippen LogP contribution in [-0.2, 0) is 14.3 Å². The zero-order valence-electron chi connectivity index (χ0n) is 11.2. The van der Waals surface area contributed by atoms with Gasteiger partial charge in [0.25, 0.3) is 0 Å². The highest BCUT2D eigenvalue weighted by atomic mass is 16.5. The van der Waals surface area contributed by atoms with Gasteiger partial charge in [-0.15, -0.1) is 0 Å². The van der Waals surface area contributed by atoms with Gasteiger partial charge >= 0.3 is 5.97 Å². The van der Waals surface area contributed by atoms with Crippen LogP contribution in [0.1, 0.15) is 5.56 Å². The van der Waals surface area contributed by atoms with E-state index in [0.717, 1.165) is 11.3 Å². The number of nitrogens with one attached hydrogen (secondary N) is 1. The standard InChI is InChI=1S/C14H17NO5/c1-19-12-4-2-3-11(9-12)5-6-13(16)15-7-8-20-10-14(17)18/h2-6,9H,7-8,10H2,1H3,(H,15,16)(H,17,18). The largest absolute Gasteiger partial charge is 0.497 e. The Labute approximate surface area is 117 Å². The van der Waals surface area contributed by atoms with E-state index < -0.39 is 5.97 Å². The van der Waals surface area contributed by atoms with Crippen LogP contribution >= 0.6 is 0 Å². The number of hydrogen-bond donors (Lipinski definition) is 2. The molecule has 2 N–H and O–H groups in total. The summed E-state index contributed by atoms with van der Waals surface area (Å²) < 4.78 is 9.86. The Balaban J connectivity index is 2.30. The van der Waals surface area contributed by atoms with Gasteiger partial charge in [0.15, 0.2) is 0 Å². The number of carboxylic acid groups (broad SMARTS) is 1. The Bertz CT molecular complexity index is 484. The molecule has 0 unspecified atom stereocenters. The van der Waals surface area contributed by atoms with Crippen LogP contribution in [0, 0.1) is 0 Å². The predicted molar refractivity (Wildman–Crippen MR) is 73.5 cm³/mol. The summed E-state index contributed by atoms with van der Waals surface area (Å²) in [5, 5.41) is 10.9. The van der Waals surface area contributed by atoms with Gasteiger partial charge in [0.1, 0.15) is 12.4 Å². The number of methoxy groups -OCH3 is 1. The van der Waals surface area contributed by atoms with E-state index >= 15 is 0 Å². The van der Waals surface area contributed by atoms with Crippen molar-refractivity contribution < 1.29 is 24.2 Å². The van der Waals surface area contributed by atoms with E-state index in [1.54, 1.807) is 19.3 Å². The molecule has 0 atom stereocenters. The van der Waals surface area contributed by atoms with Gasteiger partial charge in [-0.25, -0.2) is 4.79 Å². The minimum absolute atomic E-state index is 0.158. The lowest BCUT2D eigenvalue weighted by Crippen LogP contribution is -2.26. The number of carbonyl (C=O) groups excluding carboxylic acids is 1. The maximum atomic E-state index is 11.5. The van der Waals surface area contributed by atoms with E-state index in [4.69, 9.17) is 14.6 Å². The summed E-state index contributed by atoms with van der Waals surface area (Å²) in [6.45, 7) is 0.0507. The number of rotatable bonds is 8. The van der Waals surface area contributed by atoms with Crippen molar-refractivity contribution >= 4 is 18.0 Å². The van der Waals surface area contributed by atoms with Crippen molar-refractivity contribution in [3.63, 3.8) is 0 Å². The molecule has 20 heavy (non-hydrogen) atoms. The fourth-order valence-corrected chi connectivity index (χ4v) is 1.38. The molecule has 0 radical (unpaired) electrons. The molecule has 0 aliphatic heterocycles. The van der Waals surface area contributed by atoms with Crippen LogP contribution in [0.2, 0.25) is 0 Å². The third kappa shape index (κ3) is 6.55. The number of carboxylic acids is 1. The van der Waals surface area contributed by atoms with Crippen molar-refractivity contribution in [2.75, 3.05) is 26.9 Å². The molecular weight excluding hydrogens is 262 g/mol. The first-order valence-electron chi connectivity index (χ1n) is 6.01. The van der Waals surface area contributed by atoms with Crippen LogP contribution < -0.4 is 10.1 Å². The first-order valence-corrected chi connectivity index (χ1v) is 6.01. The second-order valence-electron chi connectivity index (χ2n) is 3.85. The molecular formula is C14H17NO5. The van der Waals surface area contributed by atoms with Crippen molar-refractivity contribution in [3.05, 3.63) is 35.9 Å². The van der Waals surface area contributed by atoms with E-state index in [9.17, 15) is 9.59 Å². The SMILES string of the molecule is COc1cccc(C=CC(=O)NCCOCC(=O)O)c1. The number of amides is 1. The Morgan fingerprint density at radius 3 is 2.90 bits per heavy atom. The van der Waals surface area contributed by atoms with Crippen molar-refractivity contribution in [1.29, 1.82) is 0 Å². The molecule has 0 aliphatic carbocycles. The molecule has 6 heteroatoms. The number of benzene rings is 1. The van der Waals surface area contributed by atoms with Gasteiger partial charge in [0, 0.05) is 12.6 Å². The zero-order chi connectivity index (χ0) is 14.8. The van der Waals surface area contributed by atoms with Crippen molar-refractivity contribution in [2.24, 2.45) is 0 Å². The Morgan fingerprint density at radius 2 is 2.20 bits per heavy atom. The lowest BCUT2D eigenvalue weighted by atomic mass is 10.2. The second-order valence-corrected chi connectivity index (χ2v) is 3.85. The molecule has 1 aromatic carbocycles. The number of hydrogen-bond acceptors (Lipinski definition) is 4. The number of aliphatic carboxylic acids is 1. The molecule has 0 aromatic heterocycles. The lowest BCUT2D eigenvalue weighted by Gasteiger charge is -2.02. The molecule has 0 fully saturated rings. The molecule has 1 amide bonds. The lowest BCUT2D eigenvalue weighted by molar-refractivity contribution is -0.142. The Hall–Kier alpha value is -2.34. The average Bonchev–Trinajstić information content (AvgIpc) is 2.44. The molecule has 1 rings (SSSR count). The summed E-state index contributed by atoms with van der Waals surface area (Å²) in [5.74, 6) is -0.587. The first-order chi connectivity index (χ1) is 9.61. The summed E-state index contributed by atoms with van der Waals surface area (Å²) in [4.78, 5) is 21.6. The molecule has 0 aliphatic rings. The van der Waals surface area contributed by atoms with Crippen LogP contribution in [0.25, 0.3) is 6.08 Å². The van der Waals surface area contributed by atoms with E-state index in [1.807, 2.05) is 18.2 Å². The van der Waals surface area contributed by atoms with E-state index in [0.29, 0.717) is 0 Å². The maximum Gasteiger partial charge on any atom is 0.329 e. The van der Waals surface area contributed by atoms with Crippen LogP contribution in [0.4, 0.5) is 0 Å². The predicted octanol–water partition coefficient (Wildman–Crippen LogP) is 0.926. The van der Waals surface area contributed by atoms with Gasteiger partial charge in [-0.1, -0.05) is 12.1 Å². The first kappa shape index (κ1) is 15.7. The second kappa shape index (κ2) is 8.71. The Morgan fingerprint density at radius 1 is 1.40 bits per heavy atom. The quantitative estimate of drug-likeness (QED) is 0.546. The summed E-state index contributed by atoms with van der Waals surface area (Å²) >= 11 is 0. The van der Waals surface area contributed by atoms with Crippen molar-refractivity contribution in [2.45, 2.75) is 0 Å². The van der Waals surface area contributed by atoms with Crippen LogP contribution in [0.3, 0.4) is 0 Å². The van der Waals surface area contributed by atoms with Gasteiger partial charge in [0.2, 0.25) is 5.91 Å². The molecule has 0 saturated carbocycles. The molecule has 1 aromatic rings. The Kier molecular flexibility index (Phi) is 6.84. The van der Waals surface area contributed by atoms with E-state index in [2.05, 4.69) is 5.32 Å². The third-order valence-electron chi connectivity index (χ3n) is 2.29. The van der Waals surface area contributed by atoms with Gasteiger partial charge < -0.3 is 19.9 Å². The van der Waals surface area contributed by atoms with Gasteiger partial charge in [0.05, 0.1) is 13.7 Å². The molecule has 0 spiro atoms. The highest BCUT2D eigenvalue weighted by molar-refractivity contribution is 5.91. The molecule has 0 bridgehead atoms. The number of carbonyl (C=O) groups is 2. The minimum atomic E-state index is -1.03. The van der Waals surface area contributed by atoms with Gasteiger partial charge in [-0.2, -0.15) is 0 Å².